The minimum Gasteiger partial charge on any atom is -0.441 e. The lowest BCUT2D eigenvalue weighted by atomic mass is 9.82. The number of hydrogen-bond donors (Lipinski definition) is 2. The molecule has 3 aromatic rings. The third-order valence-electron chi connectivity index (χ3n) is 10.00. The maximum Gasteiger partial charge on any atom is 0.304 e. The minimum atomic E-state index is -3.06. The number of benzene rings is 3. The number of β-lactam (4-membered cyclic amide) rings is 1. The second-order valence-electron chi connectivity index (χ2n) is 13.8. The van der Waals surface area contributed by atoms with Gasteiger partial charge in [-0.2, -0.15) is 0 Å². The van der Waals surface area contributed by atoms with Crippen LogP contribution in [0.3, 0.4) is 0 Å². The second kappa shape index (κ2) is 13.9. The second-order valence-corrected chi connectivity index (χ2v) is 18.3. The molecular weight excluding hydrogens is 678 g/mol. The molecule has 0 radical (unpaired) electrons. The summed E-state index contributed by atoms with van der Waals surface area (Å²) in [6.45, 7) is 7.13. The number of carbonyl (C=O) groups excluding carboxylic acids is 4. The average Bonchev–Trinajstić information content (AvgIpc) is 3.47. The van der Waals surface area contributed by atoms with Crippen LogP contribution >= 0.6 is 11.6 Å². The van der Waals surface area contributed by atoms with Gasteiger partial charge in [0.25, 0.3) is 5.91 Å². The van der Waals surface area contributed by atoms with Crippen molar-refractivity contribution in [3.05, 3.63) is 94.5 Å². The zero-order valence-electron chi connectivity index (χ0n) is 28.5. The third-order valence-corrected chi connectivity index (χ3v) is 12.7. The van der Waals surface area contributed by atoms with Crippen molar-refractivity contribution >= 4 is 55.0 Å². The summed E-state index contributed by atoms with van der Waals surface area (Å²) in [5.74, 6) is -1.76. The molecule has 1 spiro atoms. The van der Waals surface area contributed by atoms with E-state index in [9.17, 15) is 29.1 Å². The molecule has 264 valence electrons. The smallest absolute Gasteiger partial charge is 0.304 e. The summed E-state index contributed by atoms with van der Waals surface area (Å²) in [7, 11) is -3.06. The number of fused-ring (bicyclic) bond motifs is 2. The zero-order valence-corrected chi connectivity index (χ0v) is 30.3. The number of amides is 3. The molecule has 2 fully saturated rings. The summed E-state index contributed by atoms with van der Waals surface area (Å²) in [6.07, 6.45) is -1.46. The molecule has 0 saturated carbocycles. The fraction of sp³-hybridized carbons (Fsp3) is 0.405. The predicted octanol–water partition coefficient (Wildman–Crippen LogP) is 4.72. The molecule has 0 aliphatic carbocycles. The Bertz CT molecular complexity index is 1800. The molecule has 50 heavy (non-hydrogen) atoms. The van der Waals surface area contributed by atoms with Gasteiger partial charge in [0.2, 0.25) is 11.8 Å². The Morgan fingerprint density at radius 3 is 2.44 bits per heavy atom. The maximum absolute atomic E-state index is 14.8. The molecular formula is C37H42ClN3O8Si. The molecule has 13 heteroatoms. The summed E-state index contributed by atoms with van der Waals surface area (Å²) in [5, 5.41) is 10.2. The Balaban J connectivity index is 1.32. The number of aliphatic hydroxyl groups excluding tert-OH is 1. The number of carbonyl (C=O) groups is 4. The number of nitrogens with zero attached hydrogens (tertiary/aromatic N) is 3. The number of hydrogen-bond acceptors (Lipinski definition) is 8. The average molecular weight is 720 g/mol. The van der Waals surface area contributed by atoms with Crippen molar-refractivity contribution in [2.24, 2.45) is 5.92 Å². The van der Waals surface area contributed by atoms with Crippen LogP contribution in [0.1, 0.15) is 43.4 Å². The Hall–Kier alpha value is -4.07. The molecule has 6 rings (SSSR count). The van der Waals surface area contributed by atoms with Crippen LogP contribution in [0.2, 0.25) is 23.7 Å². The largest absolute Gasteiger partial charge is 0.441 e. The predicted molar refractivity (Wildman–Crippen MR) is 189 cm³/mol. The van der Waals surface area contributed by atoms with Crippen LogP contribution in [0.4, 0.5) is 11.4 Å². The summed E-state index contributed by atoms with van der Waals surface area (Å²) in [5.41, 5.74) is 1.34. The van der Waals surface area contributed by atoms with Crippen LogP contribution < -0.4 is 9.80 Å². The third kappa shape index (κ3) is 6.58. The van der Waals surface area contributed by atoms with Crippen molar-refractivity contribution in [2.75, 3.05) is 23.0 Å². The van der Waals surface area contributed by atoms with E-state index in [-0.39, 0.29) is 50.3 Å². The zero-order chi connectivity index (χ0) is 36.0. The van der Waals surface area contributed by atoms with Crippen molar-refractivity contribution in [1.29, 1.82) is 0 Å². The molecule has 3 aromatic carbocycles. The normalized spacial score (nSPS) is 24.4. The summed E-state index contributed by atoms with van der Waals surface area (Å²) < 4.78 is 12.1. The van der Waals surface area contributed by atoms with Gasteiger partial charge in [0.15, 0.2) is 20.1 Å². The van der Waals surface area contributed by atoms with Crippen molar-refractivity contribution < 1.29 is 38.6 Å². The Kier molecular flexibility index (Phi) is 9.95. The molecule has 2 saturated heterocycles. The van der Waals surface area contributed by atoms with Gasteiger partial charge in [0, 0.05) is 47.7 Å². The molecule has 3 aliphatic rings. The highest BCUT2D eigenvalue weighted by molar-refractivity contribution is 6.71. The lowest BCUT2D eigenvalue weighted by Crippen LogP contribution is -2.54. The van der Waals surface area contributed by atoms with E-state index >= 15 is 0 Å². The monoisotopic (exact) mass is 719 g/mol. The fourth-order valence-corrected chi connectivity index (χ4v) is 10.6. The SMILES string of the molecule is CC(=O)OC1CC(=O)N1c1cccc(CN2C(=O)[C@@]3(O[C@@H](CC(=O)N(CCO)Cc4ccccc4)[C@H]([Si](C)(C)O)[C@H]3C)c3cc(Cl)ccc32)c1. The molecule has 3 amide bonds. The van der Waals surface area contributed by atoms with Crippen molar-refractivity contribution in [3.63, 3.8) is 0 Å². The summed E-state index contributed by atoms with van der Waals surface area (Å²) in [6, 6.07) is 21.9. The molecule has 0 aromatic heterocycles. The Morgan fingerprint density at radius 1 is 1.06 bits per heavy atom. The summed E-state index contributed by atoms with van der Waals surface area (Å²) >= 11 is 6.55. The van der Waals surface area contributed by atoms with Crippen LogP contribution in [0.25, 0.3) is 0 Å². The minimum absolute atomic E-state index is 0.0842. The molecule has 1 unspecified atom stereocenters. The first-order chi connectivity index (χ1) is 23.7. The Morgan fingerprint density at radius 2 is 1.78 bits per heavy atom. The van der Waals surface area contributed by atoms with Gasteiger partial charge in [-0.15, -0.1) is 0 Å². The fourth-order valence-electron chi connectivity index (χ4n) is 7.89. The van der Waals surface area contributed by atoms with Gasteiger partial charge >= 0.3 is 5.97 Å². The van der Waals surface area contributed by atoms with Gasteiger partial charge in [-0.1, -0.05) is 61.0 Å². The summed E-state index contributed by atoms with van der Waals surface area (Å²) in [4.78, 5) is 69.1. The molecule has 11 nitrogen and oxygen atoms in total. The number of ether oxygens (including phenoxy) is 2. The number of anilines is 2. The van der Waals surface area contributed by atoms with E-state index in [1.54, 1.807) is 59.3 Å². The van der Waals surface area contributed by atoms with Crippen molar-refractivity contribution in [1.82, 2.24) is 4.90 Å². The highest BCUT2D eigenvalue weighted by atomic mass is 35.5. The van der Waals surface area contributed by atoms with Crippen LogP contribution in [0.5, 0.6) is 0 Å². The first kappa shape index (κ1) is 35.7. The topological polar surface area (TPSA) is 137 Å². The van der Waals surface area contributed by atoms with Crippen molar-refractivity contribution in [3.8, 4) is 0 Å². The number of rotatable bonds is 11. The van der Waals surface area contributed by atoms with Gasteiger partial charge in [-0.05, 0) is 54.6 Å². The Labute approximate surface area is 297 Å². The highest BCUT2D eigenvalue weighted by Crippen LogP contribution is 2.60. The van der Waals surface area contributed by atoms with Crippen molar-refractivity contribution in [2.45, 2.75) is 76.3 Å². The van der Waals surface area contributed by atoms with E-state index in [2.05, 4.69) is 0 Å². The van der Waals surface area contributed by atoms with Gasteiger partial charge in [-0.25, -0.2) is 0 Å². The quantitative estimate of drug-likeness (QED) is 0.165. The number of halogens is 1. The van der Waals surface area contributed by atoms with E-state index < -0.39 is 43.7 Å². The lowest BCUT2D eigenvalue weighted by molar-refractivity contribution is -0.154. The van der Waals surface area contributed by atoms with Crippen LogP contribution in [-0.2, 0) is 47.3 Å². The van der Waals surface area contributed by atoms with E-state index in [0.717, 1.165) is 11.1 Å². The van der Waals surface area contributed by atoms with Gasteiger partial charge in [0.1, 0.15) is 0 Å². The molecule has 3 heterocycles. The van der Waals surface area contributed by atoms with Gasteiger partial charge in [-0.3, -0.25) is 24.1 Å². The molecule has 0 bridgehead atoms. The number of aliphatic hydroxyl groups is 1. The maximum atomic E-state index is 14.8. The highest BCUT2D eigenvalue weighted by Gasteiger charge is 2.66. The lowest BCUT2D eigenvalue weighted by Gasteiger charge is -2.39. The van der Waals surface area contributed by atoms with E-state index in [1.165, 1.54) is 11.8 Å². The van der Waals surface area contributed by atoms with E-state index in [4.69, 9.17) is 21.1 Å². The van der Waals surface area contributed by atoms with E-state index in [0.29, 0.717) is 28.5 Å². The van der Waals surface area contributed by atoms with E-state index in [1.807, 2.05) is 43.3 Å². The van der Waals surface area contributed by atoms with Gasteiger partial charge < -0.3 is 29.2 Å². The van der Waals surface area contributed by atoms with Gasteiger partial charge in [0.05, 0.1) is 37.8 Å². The molecule has 5 atom stereocenters. The first-order valence-electron chi connectivity index (χ1n) is 16.8. The first-order valence-corrected chi connectivity index (χ1v) is 20.2. The molecule has 2 N–H and O–H groups in total. The molecule has 3 aliphatic heterocycles. The van der Waals surface area contributed by atoms with Crippen LogP contribution in [-0.4, -0.2) is 72.3 Å². The van der Waals surface area contributed by atoms with Crippen LogP contribution in [0, 0.1) is 5.92 Å². The van der Waals surface area contributed by atoms with Crippen LogP contribution in [0.15, 0.2) is 72.8 Å². The number of esters is 1. The standard InChI is InChI=1S/C37H42ClN3O8Si/c1-23-35(50(3,4)47)31(19-32(44)39(15-16-42)21-25-9-6-5-7-10-25)49-37(23)29-18-27(38)13-14-30(29)40(36(37)46)22-26-11-8-12-28(17-26)41-33(45)20-34(41)48-24(2)43/h5-14,17-18,23,31,34-35,42,47H,15-16,19-22H2,1-4H3/t23-,31+,34?,35-,37+/m1/s1.